The molecule has 15 nitrogen and oxygen atoms in total. The SMILES string of the molecule is C=C(NCCOCCOCCN)c1ccc(Nc2nc(NCCOCCOCCNC(=O)c3ccccc3)nc(Nc3cccc(O)c3)n2)cc1.CC. The summed E-state index contributed by atoms with van der Waals surface area (Å²) in [5.41, 5.74) is 9.09. The number of nitrogens with two attached hydrogens (primary N) is 1. The number of aromatic nitrogens is 3. The molecular weight excluding hydrogens is 678 g/mol. The van der Waals surface area contributed by atoms with Gasteiger partial charge in [-0.15, -0.1) is 0 Å². The van der Waals surface area contributed by atoms with Gasteiger partial charge in [-0.05, 0) is 42.0 Å². The van der Waals surface area contributed by atoms with E-state index in [0.29, 0.717) is 102 Å². The number of phenolic OH excluding ortho intramolecular Hbond substituents is 1. The van der Waals surface area contributed by atoms with Crippen LogP contribution >= 0.6 is 0 Å². The number of nitrogens with one attached hydrogen (secondary N) is 5. The van der Waals surface area contributed by atoms with Crippen molar-refractivity contribution in [3.05, 3.63) is 96.6 Å². The maximum atomic E-state index is 12.1. The molecule has 0 aliphatic carbocycles. The zero-order valence-electron chi connectivity index (χ0n) is 30.6. The van der Waals surface area contributed by atoms with Crippen molar-refractivity contribution in [2.24, 2.45) is 5.73 Å². The van der Waals surface area contributed by atoms with Gasteiger partial charge in [-0.1, -0.05) is 56.8 Å². The van der Waals surface area contributed by atoms with Gasteiger partial charge in [0, 0.05) is 54.9 Å². The standard InChI is InChI=1S/C36H47N9O6.C2H6/c1-27(38-15-19-49-23-22-48-18-14-37)28-10-12-30(13-11-28)41-35-43-34(44-36(45-35)42-31-8-5-9-32(46)26-31)40-17-21-51-25-24-50-20-16-39-33(47)29-6-3-2-4-7-29;1-2/h2-13,26,38,46H,1,14-25,37H2,(H,39,47)(H3,40,41,42,43,44,45);1-2H3. The number of hydrogen-bond acceptors (Lipinski definition) is 14. The Morgan fingerprint density at radius 2 is 1.21 bits per heavy atom. The molecule has 0 spiro atoms. The minimum absolute atomic E-state index is 0.112. The molecule has 8 N–H and O–H groups in total. The lowest BCUT2D eigenvalue weighted by molar-refractivity contribution is 0.0519. The van der Waals surface area contributed by atoms with Crippen LogP contribution in [-0.4, -0.2) is 105 Å². The van der Waals surface area contributed by atoms with Gasteiger partial charge in [-0.2, -0.15) is 15.0 Å². The van der Waals surface area contributed by atoms with Crippen LogP contribution in [-0.2, 0) is 18.9 Å². The zero-order valence-corrected chi connectivity index (χ0v) is 30.6. The number of aromatic hydroxyl groups is 1. The smallest absolute Gasteiger partial charge is 0.251 e. The first-order valence-electron chi connectivity index (χ1n) is 17.7. The Hall–Kier alpha value is -5.32. The Kier molecular flexibility index (Phi) is 20.3. The molecule has 1 aromatic heterocycles. The van der Waals surface area contributed by atoms with E-state index in [1.165, 1.54) is 0 Å². The molecule has 0 fully saturated rings. The summed E-state index contributed by atoms with van der Waals surface area (Å²) in [6.07, 6.45) is 0. The highest BCUT2D eigenvalue weighted by molar-refractivity contribution is 5.94. The second-order valence-electron chi connectivity index (χ2n) is 10.9. The number of phenols is 1. The van der Waals surface area contributed by atoms with E-state index < -0.39 is 0 Å². The van der Waals surface area contributed by atoms with Gasteiger partial charge in [-0.3, -0.25) is 4.79 Å². The first-order valence-corrected chi connectivity index (χ1v) is 17.7. The van der Waals surface area contributed by atoms with E-state index in [-0.39, 0.29) is 17.6 Å². The quantitative estimate of drug-likeness (QED) is 0.0470. The summed E-state index contributed by atoms with van der Waals surface area (Å²) in [5.74, 6) is 0.885. The van der Waals surface area contributed by atoms with Crippen LogP contribution in [0, 0.1) is 0 Å². The molecule has 0 aliphatic rings. The van der Waals surface area contributed by atoms with Crippen molar-refractivity contribution in [1.29, 1.82) is 0 Å². The molecule has 0 radical (unpaired) electrons. The van der Waals surface area contributed by atoms with Crippen molar-refractivity contribution in [2.75, 3.05) is 95.0 Å². The number of anilines is 5. The van der Waals surface area contributed by atoms with E-state index in [0.717, 1.165) is 16.9 Å². The van der Waals surface area contributed by atoms with Gasteiger partial charge >= 0.3 is 0 Å². The van der Waals surface area contributed by atoms with Crippen molar-refractivity contribution in [2.45, 2.75) is 13.8 Å². The molecule has 4 aromatic rings. The van der Waals surface area contributed by atoms with Crippen molar-refractivity contribution in [1.82, 2.24) is 25.6 Å². The molecule has 1 heterocycles. The molecule has 4 rings (SSSR count). The van der Waals surface area contributed by atoms with Gasteiger partial charge in [0.05, 0.1) is 52.9 Å². The molecule has 1 amide bonds. The first kappa shape index (κ1) is 42.1. The largest absolute Gasteiger partial charge is 0.508 e. The van der Waals surface area contributed by atoms with Crippen LogP contribution in [0.2, 0.25) is 0 Å². The number of rotatable bonds is 25. The summed E-state index contributed by atoms with van der Waals surface area (Å²) in [5, 5.41) is 25.5. The number of benzene rings is 3. The van der Waals surface area contributed by atoms with Gasteiger partial charge in [0.15, 0.2) is 0 Å². The van der Waals surface area contributed by atoms with Crippen LogP contribution in [0.15, 0.2) is 85.4 Å². The highest BCUT2D eigenvalue weighted by atomic mass is 16.5. The topological polar surface area (TPSA) is 199 Å². The van der Waals surface area contributed by atoms with Gasteiger partial charge in [0.1, 0.15) is 5.75 Å². The van der Waals surface area contributed by atoms with E-state index >= 15 is 0 Å². The number of ether oxygens (including phenoxy) is 4. The molecule has 15 heteroatoms. The average molecular weight is 732 g/mol. The molecule has 0 unspecified atom stereocenters. The van der Waals surface area contributed by atoms with E-state index in [9.17, 15) is 9.90 Å². The minimum Gasteiger partial charge on any atom is -0.508 e. The van der Waals surface area contributed by atoms with Gasteiger partial charge in [-0.25, -0.2) is 0 Å². The van der Waals surface area contributed by atoms with E-state index in [2.05, 4.69) is 48.1 Å². The number of carbonyl (C=O) groups is 1. The monoisotopic (exact) mass is 731 g/mol. The number of hydrogen-bond donors (Lipinski definition) is 7. The minimum atomic E-state index is -0.134. The van der Waals surface area contributed by atoms with Gasteiger partial charge in [0.25, 0.3) is 5.91 Å². The highest BCUT2D eigenvalue weighted by Crippen LogP contribution is 2.22. The number of nitrogens with zero attached hydrogens (tertiary/aromatic N) is 3. The average Bonchev–Trinajstić information content (AvgIpc) is 3.18. The maximum absolute atomic E-state index is 12.1. The normalized spacial score (nSPS) is 10.5. The summed E-state index contributed by atoms with van der Waals surface area (Å²) in [6.45, 7) is 13.7. The Balaban J connectivity index is 0.00000372. The van der Waals surface area contributed by atoms with E-state index in [1.807, 2.05) is 56.3 Å². The zero-order chi connectivity index (χ0) is 37.9. The second kappa shape index (κ2) is 25.6. The third kappa shape index (κ3) is 17.2. The van der Waals surface area contributed by atoms with Crippen LogP contribution in [0.5, 0.6) is 5.75 Å². The Morgan fingerprint density at radius 3 is 1.83 bits per heavy atom. The fourth-order valence-corrected chi connectivity index (χ4v) is 4.43. The predicted octanol–water partition coefficient (Wildman–Crippen LogP) is 4.52. The lowest BCUT2D eigenvalue weighted by Gasteiger charge is -2.13. The highest BCUT2D eigenvalue weighted by Gasteiger charge is 2.09. The third-order valence-corrected chi connectivity index (χ3v) is 6.92. The lowest BCUT2D eigenvalue weighted by atomic mass is 10.1. The Morgan fingerprint density at radius 1 is 0.642 bits per heavy atom. The molecule has 0 saturated heterocycles. The second-order valence-corrected chi connectivity index (χ2v) is 10.9. The summed E-state index contributed by atoms with van der Waals surface area (Å²) in [7, 11) is 0. The van der Waals surface area contributed by atoms with Crippen LogP contribution in [0.3, 0.4) is 0 Å². The molecule has 53 heavy (non-hydrogen) atoms. The first-order chi connectivity index (χ1) is 26.0. The molecule has 0 saturated carbocycles. The van der Waals surface area contributed by atoms with Crippen molar-refractivity contribution in [3.63, 3.8) is 0 Å². The van der Waals surface area contributed by atoms with Crippen LogP contribution in [0.4, 0.5) is 29.2 Å². The fourth-order valence-electron chi connectivity index (χ4n) is 4.43. The van der Waals surface area contributed by atoms with Crippen LogP contribution < -0.4 is 32.3 Å². The number of carbonyl (C=O) groups excluding carboxylic acids is 1. The van der Waals surface area contributed by atoms with Gasteiger partial charge < -0.3 is 56.4 Å². The third-order valence-electron chi connectivity index (χ3n) is 6.92. The molecule has 3 aromatic carbocycles. The summed E-state index contributed by atoms with van der Waals surface area (Å²) in [4.78, 5) is 25.6. The van der Waals surface area contributed by atoms with Crippen molar-refractivity contribution in [3.8, 4) is 5.75 Å². The van der Waals surface area contributed by atoms with Crippen molar-refractivity contribution < 1.29 is 28.8 Å². The maximum Gasteiger partial charge on any atom is 0.251 e. The number of amides is 1. The van der Waals surface area contributed by atoms with Crippen LogP contribution in [0.25, 0.3) is 5.70 Å². The summed E-state index contributed by atoms with van der Waals surface area (Å²) < 4.78 is 22.1. The van der Waals surface area contributed by atoms with Crippen LogP contribution in [0.1, 0.15) is 29.8 Å². The Bertz CT molecular complexity index is 1610. The summed E-state index contributed by atoms with van der Waals surface area (Å²) >= 11 is 0. The van der Waals surface area contributed by atoms with Gasteiger partial charge in [0.2, 0.25) is 17.8 Å². The molecule has 286 valence electrons. The van der Waals surface area contributed by atoms with E-state index in [4.69, 9.17) is 24.7 Å². The molecular formula is C38H53N9O6. The molecule has 0 aliphatic heterocycles. The predicted molar refractivity (Wildman–Crippen MR) is 209 cm³/mol. The molecule has 0 atom stereocenters. The Labute approximate surface area is 311 Å². The molecule has 0 bridgehead atoms. The van der Waals surface area contributed by atoms with E-state index in [1.54, 1.807) is 36.4 Å². The van der Waals surface area contributed by atoms with Crippen molar-refractivity contribution >= 4 is 40.8 Å². The fraction of sp³-hybridized carbons (Fsp3) is 0.368. The summed E-state index contributed by atoms with van der Waals surface area (Å²) in [6, 6.07) is 23.4. The lowest BCUT2D eigenvalue weighted by Crippen LogP contribution is -2.27.